The Morgan fingerprint density at radius 2 is 1.78 bits per heavy atom. The van der Waals surface area contributed by atoms with Gasteiger partial charge in [0.1, 0.15) is 0 Å². The number of hydrogen-bond donors (Lipinski definition) is 4. The standard InChI is InChI=1S/C23H34N6O3/c1-25-23(27-13-16-7-9-17(10-8-16)21(31)26-14-20(24)30)28-19-11-12-29(15-19)22(32)18-5-3-2-4-6-18/h7-10,18-19H,2-6,11-15H2,1H3,(H2,24,30)(H,26,31)(H2,25,27,28). The first kappa shape index (κ1) is 23.6. The second-order valence-corrected chi connectivity index (χ2v) is 8.52. The zero-order chi connectivity index (χ0) is 22.9. The van der Waals surface area contributed by atoms with E-state index in [1.165, 1.54) is 19.3 Å². The number of nitrogens with one attached hydrogen (secondary N) is 3. The molecule has 1 aliphatic heterocycles. The minimum atomic E-state index is -0.582. The van der Waals surface area contributed by atoms with Crippen LogP contribution in [0, 0.1) is 5.92 Å². The van der Waals surface area contributed by atoms with E-state index < -0.39 is 5.91 Å². The minimum Gasteiger partial charge on any atom is -0.368 e. The van der Waals surface area contributed by atoms with Gasteiger partial charge in [-0.1, -0.05) is 31.4 Å². The number of carbonyl (C=O) groups excluding carboxylic acids is 3. The monoisotopic (exact) mass is 442 g/mol. The molecule has 0 radical (unpaired) electrons. The molecule has 1 saturated heterocycles. The zero-order valence-electron chi connectivity index (χ0n) is 18.7. The van der Waals surface area contributed by atoms with Crippen molar-refractivity contribution in [3.05, 3.63) is 35.4 Å². The first-order chi connectivity index (χ1) is 15.5. The number of rotatable bonds is 7. The lowest BCUT2D eigenvalue weighted by Gasteiger charge is -2.26. The highest BCUT2D eigenvalue weighted by molar-refractivity contribution is 5.96. The average Bonchev–Trinajstić information content (AvgIpc) is 3.29. The molecule has 9 heteroatoms. The lowest BCUT2D eigenvalue weighted by Crippen LogP contribution is -2.45. The normalized spacial score (nSPS) is 19.5. The Hall–Kier alpha value is -3.10. The Morgan fingerprint density at radius 1 is 1.06 bits per heavy atom. The summed E-state index contributed by atoms with van der Waals surface area (Å²) in [6.07, 6.45) is 6.56. The van der Waals surface area contributed by atoms with Crippen LogP contribution in [-0.4, -0.2) is 61.3 Å². The maximum absolute atomic E-state index is 12.8. The Labute approximate surface area is 189 Å². The topological polar surface area (TPSA) is 129 Å². The lowest BCUT2D eigenvalue weighted by molar-refractivity contribution is -0.135. The molecule has 0 aromatic heterocycles. The van der Waals surface area contributed by atoms with Crippen molar-refractivity contribution in [2.45, 2.75) is 51.1 Å². The van der Waals surface area contributed by atoms with E-state index in [2.05, 4.69) is 20.9 Å². The maximum atomic E-state index is 12.8. The number of likely N-dealkylation sites (tertiary alicyclic amines) is 1. The van der Waals surface area contributed by atoms with Gasteiger partial charge in [-0.3, -0.25) is 19.4 Å². The number of nitrogens with zero attached hydrogens (tertiary/aromatic N) is 2. The molecule has 3 amide bonds. The van der Waals surface area contributed by atoms with Crippen molar-refractivity contribution in [2.24, 2.45) is 16.6 Å². The molecular weight excluding hydrogens is 408 g/mol. The first-order valence-corrected chi connectivity index (χ1v) is 11.4. The number of hydrogen-bond acceptors (Lipinski definition) is 4. The molecule has 9 nitrogen and oxygen atoms in total. The van der Waals surface area contributed by atoms with E-state index in [0.29, 0.717) is 30.5 Å². The molecule has 1 saturated carbocycles. The molecule has 0 spiro atoms. The van der Waals surface area contributed by atoms with Crippen LogP contribution in [0.25, 0.3) is 0 Å². The Morgan fingerprint density at radius 3 is 2.44 bits per heavy atom. The van der Waals surface area contributed by atoms with Crippen LogP contribution >= 0.6 is 0 Å². The van der Waals surface area contributed by atoms with Gasteiger partial charge in [0.2, 0.25) is 11.8 Å². The van der Waals surface area contributed by atoms with Gasteiger partial charge in [-0.25, -0.2) is 0 Å². The number of nitrogens with two attached hydrogens (primary N) is 1. The molecule has 1 heterocycles. The van der Waals surface area contributed by atoms with E-state index in [9.17, 15) is 14.4 Å². The van der Waals surface area contributed by atoms with E-state index in [1.54, 1.807) is 19.2 Å². The van der Waals surface area contributed by atoms with Gasteiger partial charge in [-0.05, 0) is 37.0 Å². The maximum Gasteiger partial charge on any atom is 0.251 e. The SMILES string of the molecule is CN=C(NCc1ccc(C(=O)NCC(N)=O)cc1)NC1CCN(C(=O)C2CCCCC2)C1. The summed E-state index contributed by atoms with van der Waals surface area (Å²) in [5, 5.41) is 9.16. The molecule has 2 aliphatic rings. The fraction of sp³-hybridized carbons (Fsp3) is 0.565. The summed E-state index contributed by atoms with van der Waals surface area (Å²) in [7, 11) is 1.72. The summed E-state index contributed by atoms with van der Waals surface area (Å²) in [5.41, 5.74) is 6.49. The third kappa shape index (κ3) is 6.70. The Balaban J connectivity index is 1.43. The molecule has 1 aliphatic carbocycles. The van der Waals surface area contributed by atoms with E-state index in [0.717, 1.165) is 31.4 Å². The molecule has 1 unspecified atom stereocenters. The van der Waals surface area contributed by atoms with Crippen molar-refractivity contribution < 1.29 is 14.4 Å². The van der Waals surface area contributed by atoms with Crippen molar-refractivity contribution in [1.82, 2.24) is 20.9 Å². The predicted octanol–water partition coefficient (Wildman–Crippen LogP) is 0.748. The minimum absolute atomic E-state index is 0.185. The number of benzene rings is 1. The van der Waals surface area contributed by atoms with Gasteiger partial charge in [-0.15, -0.1) is 0 Å². The van der Waals surface area contributed by atoms with Crippen LogP contribution in [0.4, 0.5) is 0 Å². The van der Waals surface area contributed by atoms with Crippen LogP contribution < -0.4 is 21.7 Å². The van der Waals surface area contributed by atoms with Gasteiger partial charge < -0.3 is 26.6 Å². The smallest absolute Gasteiger partial charge is 0.251 e. The Kier molecular flexibility index (Phi) is 8.47. The highest BCUT2D eigenvalue weighted by Gasteiger charge is 2.31. The Bertz CT molecular complexity index is 833. The van der Waals surface area contributed by atoms with Crippen molar-refractivity contribution in [2.75, 3.05) is 26.7 Å². The number of primary amides is 1. The van der Waals surface area contributed by atoms with Crippen molar-refractivity contribution in [3.63, 3.8) is 0 Å². The highest BCUT2D eigenvalue weighted by atomic mass is 16.2. The lowest BCUT2D eigenvalue weighted by atomic mass is 9.88. The van der Waals surface area contributed by atoms with Crippen molar-refractivity contribution in [1.29, 1.82) is 0 Å². The third-order valence-corrected chi connectivity index (χ3v) is 6.12. The van der Waals surface area contributed by atoms with Crippen LogP contribution in [-0.2, 0) is 16.1 Å². The van der Waals surface area contributed by atoms with E-state index in [1.807, 2.05) is 17.0 Å². The molecule has 1 aromatic rings. The van der Waals surface area contributed by atoms with Gasteiger partial charge in [0, 0.05) is 44.2 Å². The molecular formula is C23H34N6O3. The van der Waals surface area contributed by atoms with Crippen molar-refractivity contribution >= 4 is 23.7 Å². The van der Waals surface area contributed by atoms with E-state index in [4.69, 9.17) is 5.73 Å². The summed E-state index contributed by atoms with van der Waals surface area (Å²) < 4.78 is 0. The second kappa shape index (κ2) is 11.5. The number of amides is 3. The molecule has 1 aromatic carbocycles. The van der Waals surface area contributed by atoms with Crippen LogP contribution in [0.5, 0.6) is 0 Å². The van der Waals surface area contributed by atoms with Crippen molar-refractivity contribution in [3.8, 4) is 0 Å². The molecule has 3 rings (SSSR count). The molecule has 174 valence electrons. The van der Waals surface area contributed by atoms with Crippen LogP contribution in [0.1, 0.15) is 54.4 Å². The number of carbonyl (C=O) groups is 3. The molecule has 0 bridgehead atoms. The summed E-state index contributed by atoms with van der Waals surface area (Å²) in [6, 6.07) is 7.29. The molecule has 1 atom stereocenters. The predicted molar refractivity (Wildman–Crippen MR) is 123 cm³/mol. The summed E-state index contributed by atoms with van der Waals surface area (Å²) >= 11 is 0. The van der Waals surface area contributed by atoms with Crippen LogP contribution in [0.3, 0.4) is 0 Å². The first-order valence-electron chi connectivity index (χ1n) is 11.4. The number of aliphatic imine (C=N–C) groups is 1. The van der Waals surface area contributed by atoms with Gasteiger partial charge >= 0.3 is 0 Å². The number of guanidine groups is 1. The fourth-order valence-corrected chi connectivity index (χ4v) is 4.30. The fourth-order valence-electron chi connectivity index (χ4n) is 4.30. The van der Waals surface area contributed by atoms with Gasteiger partial charge in [0.25, 0.3) is 5.91 Å². The summed E-state index contributed by atoms with van der Waals surface area (Å²) in [4.78, 5) is 41.8. The van der Waals surface area contributed by atoms with E-state index >= 15 is 0 Å². The second-order valence-electron chi connectivity index (χ2n) is 8.52. The highest BCUT2D eigenvalue weighted by Crippen LogP contribution is 2.26. The summed E-state index contributed by atoms with van der Waals surface area (Å²) in [5.74, 6) is 0.291. The molecule has 32 heavy (non-hydrogen) atoms. The summed E-state index contributed by atoms with van der Waals surface area (Å²) in [6.45, 7) is 1.86. The molecule has 2 fully saturated rings. The third-order valence-electron chi connectivity index (χ3n) is 6.12. The van der Waals surface area contributed by atoms with Crippen LogP contribution in [0.15, 0.2) is 29.3 Å². The molecule has 5 N–H and O–H groups in total. The quantitative estimate of drug-likeness (QED) is 0.366. The van der Waals surface area contributed by atoms with Crippen LogP contribution in [0.2, 0.25) is 0 Å². The largest absolute Gasteiger partial charge is 0.368 e. The van der Waals surface area contributed by atoms with Gasteiger partial charge in [0.15, 0.2) is 5.96 Å². The zero-order valence-corrected chi connectivity index (χ0v) is 18.7. The van der Waals surface area contributed by atoms with Gasteiger partial charge in [0.05, 0.1) is 6.54 Å². The van der Waals surface area contributed by atoms with E-state index in [-0.39, 0.29) is 24.4 Å². The average molecular weight is 443 g/mol. The van der Waals surface area contributed by atoms with Gasteiger partial charge in [-0.2, -0.15) is 0 Å².